The lowest BCUT2D eigenvalue weighted by Crippen LogP contribution is -2.34. The first-order valence-electron chi connectivity index (χ1n) is 7.18. The molecule has 1 heterocycles. The third-order valence-corrected chi connectivity index (χ3v) is 6.10. The van der Waals surface area contributed by atoms with Crippen LogP contribution in [0.5, 0.6) is 0 Å². The standard InChI is InChI=1S/C16H19ClN2O3S2/c1-19(2)13(14-5-4-8-23-14)10-18-16(20)11-6-7-12(17)15(9-11)24(3,21)22/h4-9,13H,10H2,1-3H3,(H,18,20)/t13-/m1/s1. The van der Waals surface area contributed by atoms with Crippen molar-refractivity contribution < 1.29 is 13.2 Å². The van der Waals surface area contributed by atoms with Gasteiger partial charge >= 0.3 is 0 Å². The molecule has 0 radical (unpaired) electrons. The van der Waals surface area contributed by atoms with Gasteiger partial charge in [-0.05, 0) is 43.7 Å². The van der Waals surface area contributed by atoms with Crippen molar-refractivity contribution in [1.29, 1.82) is 0 Å². The van der Waals surface area contributed by atoms with Gasteiger partial charge in [-0.15, -0.1) is 11.3 Å². The Bertz CT molecular complexity index is 818. The first-order valence-corrected chi connectivity index (χ1v) is 10.3. The largest absolute Gasteiger partial charge is 0.350 e. The molecule has 1 aromatic carbocycles. The van der Waals surface area contributed by atoms with E-state index < -0.39 is 9.84 Å². The molecule has 0 saturated carbocycles. The topological polar surface area (TPSA) is 66.5 Å². The number of carbonyl (C=O) groups excluding carboxylic acids is 1. The maximum absolute atomic E-state index is 12.4. The van der Waals surface area contributed by atoms with Gasteiger partial charge in [0.1, 0.15) is 0 Å². The molecule has 1 amide bonds. The van der Waals surface area contributed by atoms with E-state index in [1.807, 2.05) is 36.5 Å². The summed E-state index contributed by atoms with van der Waals surface area (Å²) in [5, 5.41) is 4.96. The SMILES string of the molecule is CN(C)[C@H](CNC(=O)c1ccc(Cl)c(S(C)(=O)=O)c1)c1cccs1. The monoisotopic (exact) mass is 386 g/mol. The zero-order valence-corrected chi connectivity index (χ0v) is 16.0. The molecule has 1 atom stereocenters. The molecule has 1 N–H and O–H groups in total. The van der Waals surface area contributed by atoms with E-state index in [4.69, 9.17) is 11.6 Å². The minimum absolute atomic E-state index is 0.0424. The van der Waals surface area contributed by atoms with E-state index >= 15 is 0 Å². The zero-order valence-electron chi connectivity index (χ0n) is 13.6. The van der Waals surface area contributed by atoms with Crippen LogP contribution >= 0.6 is 22.9 Å². The van der Waals surface area contributed by atoms with E-state index in [1.54, 1.807) is 11.3 Å². The van der Waals surface area contributed by atoms with Gasteiger partial charge in [0.2, 0.25) is 0 Å². The molecule has 24 heavy (non-hydrogen) atoms. The van der Waals surface area contributed by atoms with Crippen molar-refractivity contribution in [1.82, 2.24) is 10.2 Å². The Labute approximate surface area is 151 Å². The van der Waals surface area contributed by atoms with Gasteiger partial charge in [-0.3, -0.25) is 4.79 Å². The van der Waals surface area contributed by atoms with Crippen LogP contribution in [0, 0.1) is 0 Å². The van der Waals surface area contributed by atoms with Crippen LogP contribution in [0.1, 0.15) is 21.3 Å². The Morgan fingerprint density at radius 1 is 1.33 bits per heavy atom. The molecule has 0 spiro atoms. The predicted molar refractivity (Wildman–Crippen MR) is 97.6 cm³/mol. The van der Waals surface area contributed by atoms with Gasteiger partial charge in [0.15, 0.2) is 9.84 Å². The predicted octanol–water partition coefficient (Wildman–Crippen LogP) is 2.84. The van der Waals surface area contributed by atoms with Crippen molar-refractivity contribution in [2.75, 3.05) is 26.9 Å². The van der Waals surface area contributed by atoms with E-state index in [0.29, 0.717) is 6.54 Å². The van der Waals surface area contributed by atoms with E-state index in [-0.39, 0.29) is 27.4 Å². The van der Waals surface area contributed by atoms with Crippen LogP contribution in [0.15, 0.2) is 40.6 Å². The summed E-state index contributed by atoms with van der Waals surface area (Å²) in [4.78, 5) is 15.5. The fourth-order valence-electron chi connectivity index (χ4n) is 2.24. The average molecular weight is 387 g/mol. The number of thiophene rings is 1. The molecule has 1 aromatic heterocycles. The average Bonchev–Trinajstić information content (AvgIpc) is 3.00. The lowest BCUT2D eigenvalue weighted by molar-refractivity contribution is 0.0942. The van der Waals surface area contributed by atoms with Crippen LogP contribution in [0.25, 0.3) is 0 Å². The minimum atomic E-state index is -3.49. The highest BCUT2D eigenvalue weighted by molar-refractivity contribution is 7.90. The molecule has 2 aromatic rings. The number of nitrogens with one attached hydrogen (secondary N) is 1. The van der Waals surface area contributed by atoms with Crippen molar-refractivity contribution in [3.63, 3.8) is 0 Å². The number of amides is 1. The first-order chi connectivity index (χ1) is 11.2. The van der Waals surface area contributed by atoms with Crippen molar-refractivity contribution in [3.8, 4) is 0 Å². The Morgan fingerprint density at radius 2 is 2.04 bits per heavy atom. The van der Waals surface area contributed by atoms with Gasteiger partial charge in [0, 0.05) is 23.2 Å². The minimum Gasteiger partial charge on any atom is -0.350 e. The Balaban J connectivity index is 2.15. The molecule has 2 rings (SSSR count). The Morgan fingerprint density at radius 3 is 2.58 bits per heavy atom. The van der Waals surface area contributed by atoms with Crippen molar-refractivity contribution >= 4 is 38.7 Å². The van der Waals surface area contributed by atoms with Crippen LogP contribution in [0.3, 0.4) is 0 Å². The zero-order chi connectivity index (χ0) is 17.9. The normalized spacial score (nSPS) is 13.0. The Hall–Kier alpha value is -1.41. The summed E-state index contributed by atoms with van der Waals surface area (Å²) in [6.07, 6.45) is 1.06. The van der Waals surface area contributed by atoms with E-state index in [9.17, 15) is 13.2 Å². The van der Waals surface area contributed by atoms with Crippen LogP contribution in [-0.4, -0.2) is 46.1 Å². The van der Waals surface area contributed by atoms with Gasteiger partial charge in [-0.25, -0.2) is 8.42 Å². The fourth-order valence-corrected chi connectivity index (χ4v) is 4.46. The number of carbonyl (C=O) groups is 1. The molecule has 0 fully saturated rings. The lowest BCUT2D eigenvalue weighted by atomic mass is 10.2. The summed E-state index contributed by atoms with van der Waals surface area (Å²) >= 11 is 7.53. The van der Waals surface area contributed by atoms with Crippen LogP contribution in [-0.2, 0) is 9.84 Å². The second-order valence-electron chi connectivity index (χ2n) is 5.62. The summed E-state index contributed by atoms with van der Waals surface area (Å²) in [5.41, 5.74) is 0.267. The van der Waals surface area contributed by atoms with Gasteiger partial charge < -0.3 is 10.2 Å². The molecule has 8 heteroatoms. The quantitative estimate of drug-likeness (QED) is 0.828. The molecule has 0 aliphatic carbocycles. The van der Waals surface area contributed by atoms with Crippen LogP contribution in [0.4, 0.5) is 0 Å². The molecule has 0 bridgehead atoms. The number of benzene rings is 1. The number of sulfone groups is 1. The van der Waals surface area contributed by atoms with E-state index in [0.717, 1.165) is 11.1 Å². The number of hydrogen-bond acceptors (Lipinski definition) is 5. The first kappa shape index (κ1) is 18.9. The van der Waals surface area contributed by atoms with Crippen molar-refractivity contribution in [2.24, 2.45) is 0 Å². The molecule has 130 valence electrons. The molecule has 0 aliphatic rings. The molecular weight excluding hydrogens is 368 g/mol. The van der Waals surface area contributed by atoms with E-state index in [2.05, 4.69) is 5.32 Å². The van der Waals surface area contributed by atoms with Gasteiger partial charge in [0.05, 0.1) is 16.0 Å². The van der Waals surface area contributed by atoms with Gasteiger partial charge in [0.25, 0.3) is 5.91 Å². The van der Waals surface area contributed by atoms with Gasteiger partial charge in [-0.1, -0.05) is 17.7 Å². The maximum atomic E-state index is 12.4. The third-order valence-electron chi connectivity index (χ3n) is 3.54. The van der Waals surface area contributed by atoms with Crippen molar-refractivity contribution in [3.05, 3.63) is 51.2 Å². The molecule has 0 unspecified atom stereocenters. The second kappa shape index (κ2) is 7.65. The number of nitrogens with zero attached hydrogens (tertiary/aromatic N) is 1. The fraction of sp³-hybridized carbons (Fsp3) is 0.312. The number of halogens is 1. The number of hydrogen-bond donors (Lipinski definition) is 1. The van der Waals surface area contributed by atoms with Crippen LogP contribution < -0.4 is 5.32 Å². The lowest BCUT2D eigenvalue weighted by Gasteiger charge is -2.23. The highest BCUT2D eigenvalue weighted by atomic mass is 35.5. The summed E-state index contributed by atoms with van der Waals surface area (Å²) < 4.78 is 23.4. The van der Waals surface area contributed by atoms with Gasteiger partial charge in [-0.2, -0.15) is 0 Å². The summed E-state index contributed by atoms with van der Waals surface area (Å²) in [6, 6.07) is 8.29. The third kappa shape index (κ3) is 4.57. The summed E-state index contributed by atoms with van der Waals surface area (Å²) in [7, 11) is 0.402. The molecule has 0 saturated heterocycles. The summed E-state index contributed by atoms with van der Waals surface area (Å²) in [5.74, 6) is -0.333. The molecule has 0 aliphatic heterocycles. The number of likely N-dealkylation sites (N-methyl/N-ethyl adjacent to an activating group) is 1. The van der Waals surface area contributed by atoms with E-state index in [1.165, 1.54) is 18.2 Å². The highest BCUT2D eigenvalue weighted by Crippen LogP contribution is 2.24. The highest BCUT2D eigenvalue weighted by Gasteiger charge is 2.19. The van der Waals surface area contributed by atoms with Crippen LogP contribution in [0.2, 0.25) is 5.02 Å². The molecule has 5 nitrogen and oxygen atoms in total. The second-order valence-corrected chi connectivity index (χ2v) is 8.99. The smallest absolute Gasteiger partial charge is 0.251 e. The Kier molecular flexibility index (Phi) is 6.03. The molecular formula is C16H19ClN2O3S2. The number of rotatable bonds is 6. The maximum Gasteiger partial charge on any atom is 0.251 e. The summed E-state index contributed by atoms with van der Waals surface area (Å²) in [6.45, 7) is 0.420. The van der Waals surface area contributed by atoms with Crippen molar-refractivity contribution in [2.45, 2.75) is 10.9 Å².